The van der Waals surface area contributed by atoms with Gasteiger partial charge in [0.1, 0.15) is 0 Å². The number of fused-ring (bicyclic) bond motifs is 9. The number of hydrogen-bond donors (Lipinski definition) is 0. The first-order chi connectivity index (χ1) is 23.1. The van der Waals surface area contributed by atoms with Crippen LogP contribution in [0.5, 0.6) is 0 Å². The fourth-order valence-corrected chi connectivity index (χ4v) is 10.2. The van der Waals surface area contributed by atoms with Crippen LogP contribution in [0.25, 0.3) is 5.57 Å². The van der Waals surface area contributed by atoms with Gasteiger partial charge in [0.25, 0.3) is 0 Å². The van der Waals surface area contributed by atoms with Gasteiger partial charge in [0.2, 0.25) is 0 Å². The highest BCUT2D eigenvalue weighted by atomic mass is 15.2. The molecule has 6 aliphatic carbocycles. The quantitative estimate of drug-likeness (QED) is 0.341. The first-order valence-corrected chi connectivity index (χ1v) is 17.8. The average Bonchev–Trinajstić information content (AvgIpc) is 3.71. The average molecular weight is 611 g/mol. The summed E-state index contributed by atoms with van der Waals surface area (Å²) >= 11 is 0. The van der Waals surface area contributed by atoms with Crippen molar-refractivity contribution in [2.45, 2.75) is 75.0 Å². The number of allylic oxidation sites excluding steroid dienone is 12. The van der Waals surface area contributed by atoms with Gasteiger partial charge < -0.3 is 9.80 Å². The summed E-state index contributed by atoms with van der Waals surface area (Å²) in [5, 5.41) is 0. The van der Waals surface area contributed by atoms with Crippen molar-refractivity contribution < 1.29 is 0 Å². The van der Waals surface area contributed by atoms with E-state index in [9.17, 15) is 0 Å². The summed E-state index contributed by atoms with van der Waals surface area (Å²) in [7, 11) is 0. The molecule has 6 unspecified atom stereocenters. The lowest BCUT2D eigenvalue weighted by molar-refractivity contribution is 0.271. The van der Waals surface area contributed by atoms with E-state index in [4.69, 9.17) is 0 Å². The maximum atomic E-state index is 2.74. The van der Waals surface area contributed by atoms with Gasteiger partial charge in [0.05, 0.1) is 24.2 Å². The second-order valence-electron chi connectivity index (χ2n) is 15.0. The third-order valence-electron chi connectivity index (χ3n) is 12.3. The van der Waals surface area contributed by atoms with E-state index in [2.05, 4.69) is 157 Å². The van der Waals surface area contributed by atoms with Crippen LogP contribution in [0, 0.1) is 5.92 Å². The summed E-state index contributed by atoms with van der Waals surface area (Å²) < 4.78 is 0. The minimum atomic E-state index is 0.0624. The monoisotopic (exact) mass is 610 g/mol. The van der Waals surface area contributed by atoms with E-state index >= 15 is 0 Å². The molecule has 0 amide bonds. The third-order valence-corrected chi connectivity index (χ3v) is 12.3. The van der Waals surface area contributed by atoms with Crippen LogP contribution in [0.4, 0.5) is 5.69 Å². The number of rotatable bonds is 3. The second-order valence-corrected chi connectivity index (χ2v) is 15.0. The first-order valence-electron chi connectivity index (χ1n) is 17.8. The molecule has 6 atom stereocenters. The molecule has 0 saturated carbocycles. The van der Waals surface area contributed by atoms with Crippen molar-refractivity contribution in [2.75, 3.05) is 4.90 Å². The Balaban J connectivity index is 0.982. The van der Waals surface area contributed by atoms with Gasteiger partial charge in [-0.1, -0.05) is 135 Å². The summed E-state index contributed by atoms with van der Waals surface area (Å²) in [5.74, 6) is 0.802. The van der Waals surface area contributed by atoms with Crippen molar-refractivity contribution in [3.8, 4) is 0 Å². The minimum Gasteiger partial charge on any atom is -0.360 e. The van der Waals surface area contributed by atoms with Crippen LogP contribution in [0.1, 0.15) is 62.1 Å². The molecule has 0 radical (unpaired) electrons. The van der Waals surface area contributed by atoms with Gasteiger partial charge >= 0.3 is 0 Å². The fourth-order valence-electron chi connectivity index (χ4n) is 10.2. The molecule has 2 nitrogen and oxygen atoms in total. The van der Waals surface area contributed by atoms with Crippen LogP contribution < -0.4 is 4.90 Å². The molecule has 10 rings (SSSR count). The maximum Gasteiger partial charge on any atom is 0.0587 e. The maximum absolute atomic E-state index is 2.74. The molecule has 1 saturated heterocycles. The zero-order valence-corrected chi connectivity index (χ0v) is 27.4. The molecule has 0 N–H and O–H groups in total. The number of likely N-dealkylation sites (tertiary alicyclic amines) is 1. The normalized spacial score (nSPS) is 31.8. The largest absolute Gasteiger partial charge is 0.360 e. The zero-order chi connectivity index (χ0) is 31.3. The van der Waals surface area contributed by atoms with Crippen molar-refractivity contribution in [3.63, 3.8) is 0 Å². The van der Waals surface area contributed by atoms with E-state index in [0.29, 0.717) is 36.0 Å². The molecule has 2 heterocycles. The van der Waals surface area contributed by atoms with E-state index in [0.717, 1.165) is 25.7 Å². The highest BCUT2D eigenvalue weighted by Gasteiger charge is 2.46. The molecule has 2 aromatic carbocycles. The number of benzene rings is 2. The molecule has 47 heavy (non-hydrogen) atoms. The Hall–Kier alpha value is -4.56. The van der Waals surface area contributed by atoms with Crippen molar-refractivity contribution >= 4 is 11.3 Å². The van der Waals surface area contributed by atoms with E-state index in [1.165, 1.54) is 50.4 Å². The lowest BCUT2D eigenvalue weighted by Crippen LogP contribution is -2.41. The van der Waals surface area contributed by atoms with Gasteiger partial charge in [-0.05, 0) is 82.4 Å². The van der Waals surface area contributed by atoms with Crippen molar-refractivity contribution in [3.05, 3.63) is 178 Å². The molecule has 0 spiro atoms. The van der Waals surface area contributed by atoms with Gasteiger partial charge in [-0.15, -0.1) is 0 Å². The van der Waals surface area contributed by atoms with Gasteiger partial charge in [-0.2, -0.15) is 0 Å². The Morgan fingerprint density at radius 3 is 2.53 bits per heavy atom. The number of hydrogen-bond acceptors (Lipinski definition) is 2. The molecule has 232 valence electrons. The Labute approximate surface area is 279 Å². The third kappa shape index (κ3) is 3.97. The molecule has 8 aliphatic rings. The van der Waals surface area contributed by atoms with Crippen molar-refractivity contribution in [1.29, 1.82) is 0 Å². The van der Waals surface area contributed by atoms with Gasteiger partial charge in [0.15, 0.2) is 0 Å². The zero-order valence-electron chi connectivity index (χ0n) is 27.4. The van der Waals surface area contributed by atoms with Gasteiger partial charge in [0, 0.05) is 28.6 Å². The summed E-state index contributed by atoms with van der Waals surface area (Å²) in [6.07, 6.45) is 38.5. The Morgan fingerprint density at radius 1 is 0.766 bits per heavy atom. The minimum absolute atomic E-state index is 0.0624. The van der Waals surface area contributed by atoms with Crippen LogP contribution in [-0.4, -0.2) is 29.1 Å². The highest BCUT2D eigenvalue weighted by Crippen LogP contribution is 2.54. The number of para-hydroxylation sites is 1. The lowest BCUT2D eigenvalue weighted by Gasteiger charge is -2.37. The van der Waals surface area contributed by atoms with Crippen molar-refractivity contribution in [2.24, 2.45) is 5.92 Å². The van der Waals surface area contributed by atoms with Crippen LogP contribution in [0.3, 0.4) is 0 Å². The van der Waals surface area contributed by atoms with Crippen LogP contribution in [0.15, 0.2) is 162 Å². The molecular formula is C45H42N2. The van der Waals surface area contributed by atoms with Gasteiger partial charge in [-0.3, -0.25) is 0 Å². The summed E-state index contributed by atoms with van der Waals surface area (Å²) in [4.78, 5) is 5.47. The van der Waals surface area contributed by atoms with Crippen LogP contribution in [0.2, 0.25) is 0 Å². The topological polar surface area (TPSA) is 6.48 Å². The summed E-state index contributed by atoms with van der Waals surface area (Å²) in [6, 6.07) is 19.8. The van der Waals surface area contributed by atoms with E-state index < -0.39 is 0 Å². The van der Waals surface area contributed by atoms with Crippen LogP contribution >= 0.6 is 0 Å². The van der Waals surface area contributed by atoms with Crippen molar-refractivity contribution in [1.82, 2.24) is 4.90 Å². The molecule has 2 heteroatoms. The SMILES string of the molecule is CC1(C)C2=CCC(N3c4ccccc4C4C=C(C5=CCC6C(=C5)C5C=CC=CC5N6C5=CC=CCC5)C=CC43)C=C2c2ccccc21. The fraction of sp³-hybridized carbons (Fsp3) is 0.289. The Kier molecular flexibility index (Phi) is 5.99. The predicted molar refractivity (Wildman–Crippen MR) is 195 cm³/mol. The highest BCUT2D eigenvalue weighted by molar-refractivity contribution is 5.91. The molecular weight excluding hydrogens is 569 g/mol. The smallest absolute Gasteiger partial charge is 0.0587 e. The molecule has 1 fully saturated rings. The van der Waals surface area contributed by atoms with Crippen LogP contribution in [-0.2, 0) is 5.41 Å². The molecule has 0 bridgehead atoms. The second kappa shape index (κ2) is 10.2. The number of anilines is 1. The first kappa shape index (κ1) is 27.5. The lowest BCUT2D eigenvalue weighted by atomic mass is 9.79. The molecule has 0 aromatic heterocycles. The van der Waals surface area contributed by atoms with Gasteiger partial charge in [-0.25, -0.2) is 0 Å². The number of nitrogens with zero attached hydrogens (tertiary/aromatic N) is 2. The molecule has 2 aromatic rings. The predicted octanol–water partition coefficient (Wildman–Crippen LogP) is 9.81. The van der Waals surface area contributed by atoms with E-state index in [1.807, 2.05) is 0 Å². The Bertz CT molecular complexity index is 2010. The summed E-state index contributed by atoms with van der Waals surface area (Å²) in [5.41, 5.74) is 14.6. The Morgan fingerprint density at radius 2 is 1.62 bits per heavy atom. The van der Waals surface area contributed by atoms with E-state index in [-0.39, 0.29) is 5.41 Å². The summed E-state index contributed by atoms with van der Waals surface area (Å²) in [6.45, 7) is 4.78. The van der Waals surface area contributed by atoms with E-state index in [1.54, 1.807) is 5.57 Å². The standard InChI is InChI=1S/C45H42N2/c1-45(2)39-17-9-6-14-33(39)36-28-32(22-23-40(36)45)47-42-19-11-8-16-35(42)38-27-30(21-25-44(38)47)29-20-24-43-37(26-29)34-15-7-10-18-41(34)46(43)31-12-4-3-5-13-31/h3-4,6-12,14-21,23,25-28,32,34,38,41,43-44H,5,13,22,24H2,1-2H3. The molecule has 2 aliphatic heterocycles.